The molecular formula is C9H12O4. The van der Waals surface area contributed by atoms with Gasteiger partial charge < -0.3 is 9.47 Å². The maximum absolute atomic E-state index is 9.44. The largest absolute Gasteiger partial charge is 0.528 e. The third-order valence-electron chi connectivity index (χ3n) is 1.85. The first-order chi connectivity index (χ1) is 6.18. The third-order valence-corrected chi connectivity index (χ3v) is 1.85. The first kappa shape index (κ1) is 9.77. The van der Waals surface area contributed by atoms with E-state index in [1.165, 1.54) is 25.7 Å². The van der Waals surface area contributed by atoms with Crippen molar-refractivity contribution in [1.29, 1.82) is 0 Å². The van der Waals surface area contributed by atoms with Gasteiger partial charge >= 0.3 is 12.3 Å². The van der Waals surface area contributed by atoms with Crippen LogP contribution in [0, 0.1) is 0 Å². The first-order valence-electron chi connectivity index (χ1n) is 4.28. The van der Waals surface area contributed by atoms with Crippen molar-refractivity contribution in [2.24, 2.45) is 0 Å². The molecule has 0 unspecified atom stereocenters. The summed E-state index contributed by atoms with van der Waals surface area (Å²) >= 11 is 0. The average Bonchev–Trinajstić information content (AvgIpc) is 2.05. The molecule has 0 radical (unpaired) electrons. The predicted molar refractivity (Wildman–Crippen MR) is 45.2 cm³/mol. The second-order valence-corrected chi connectivity index (χ2v) is 3.00. The Morgan fingerprint density at radius 1 is 1.15 bits per heavy atom. The minimum atomic E-state index is -0.917. The first-order valence-corrected chi connectivity index (χ1v) is 4.28. The molecule has 0 amide bonds. The number of cyclic esters (lactones) is 4. The molecule has 0 aromatic rings. The van der Waals surface area contributed by atoms with Crippen LogP contribution >= 0.6 is 0 Å². The smallest absolute Gasteiger partial charge is 0.327 e. The lowest BCUT2D eigenvalue weighted by atomic mass is 10.0. The number of carbonyl (C=O) groups excluding carboxylic acids is 2. The molecule has 1 saturated heterocycles. The summed E-state index contributed by atoms with van der Waals surface area (Å²) in [6.45, 7) is 2.22. The number of hydrogen-bond donors (Lipinski definition) is 0. The molecule has 0 aromatic heterocycles. The van der Waals surface area contributed by atoms with Crippen LogP contribution in [0.1, 0.15) is 32.6 Å². The second kappa shape index (κ2) is 4.64. The zero-order chi connectivity index (χ0) is 9.68. The van der Waals surface area contributed by atoms with Gasteiger partial charge in [-0.2, -0.15) is 0 Å². The van der Waals surface area contributed by atoms with Crippen molar-refractivity contribution in [3.8, 4) is 0 Å². The molecule has 0 bridgehead atoms. The summed E-state index contributed by atoms with van der Waals surface area (Å²) in [6, 6.07) is 0. The van der Waals surface area contributed by atoms with E-state index in [2.05, 4.69) is 22.5 Å². The van der Waals surface area contributed by atoms with Gasteiger partial charge in [0, 0.05) is 0 Å². The van der Waals surface area contributed by atoms with E-state index in [9.17, 15) is 9.59 Å². The summed E-state index contributed by atoms with van der Waals surface area (Å²) in [5.41, 5.74) is 1.59. The van der Waals surface area contributed by atoms with Crippen LogP contribution in [-0.4, -0.2) is 12.3 Å². The molecule has 0 saturated carbocycles. The van der Waals surface area contributed by atoms with Gasteiger partial charge in [-0.3, -0.25) is 0 Å². The molecule has 1 heterocycles. The Kier molecular flexibility index (Phi) is 3.49. The second-order valence-electron chi connectivity index (χ2n) is 3.00. The molecule has 2 rings (SSSR count). The highest BCUT2D eigenvalue weighted by molar-refractivity contribution is 5.93. The van der Waals surface area contributed by atoms with Crippen molar-refractivity contribution in [1.82, 2.24) is 0 Å². The van der Waals surface area contributed by atoms with E-state index in [0.29, 0.717) is 0 Å². The third kappa shape index (κ3) is 3.73. The lowest BCUT2D eigenvalue weighted by molar-refractivity contribution is 0.00678. The number of ether oxygens (including phenoxy) is 2. The maximum Gasteiger partial charge on any atom is 0.528 e. The van der Waals surface area contributed by atoms with E-state index < -0.39 is 12.3 Å². The molecule has 0 atom stereocenters. The highest BCUT2D eigenvalue weighted by Gasteiger charge is 2.27. The fourth-order valence-corrected chi connectivity index (χ4v) is 1.14. The average molecular weight is 184 g/mol. The molecule has 1 aliphatic carbocycles. The van der Waals surface area contributed by atoms with Gasteiger partial charge in [-0.1, -0.05) is 11.6 Å². The Bertz CT molecular complexity index is 220. The number of carbonyl (C=O) groups is 2. The van der Waals surface area contributed by atoms with Crippen molar-refractivity contribution in [2.75, 3.05) is 0 Å². The molecule has 1 aliphatic heterocycles. The van der Waals surface area contributed by atoms with Crippen molar-refractivity contribution in [2.45, 2.75) is 32.6 Å². The fraction of sp³-hybridized carbons (Fsp3) is 0.556. The Labute approximate surface area is 76.5 Å². The lowest BCUT2D eigenvalue weighted by Gasteiger charge is -2.05. The van der Waals surface area contributed by atoms with E-state index in [-0.39, 0.29) is 0 Å². The van der Waals surface area contributed by atoms with Crippen LogP contribution in [0.15, 0.2) is 11.6 Å². The Balaban J connectivity index is 0.000000132. The molecule has 0 N–H and O–H groups in total. The normalized spacial score (nSPS) is 19.9. The molecule has 1 fully saturated rings. The van der Waals surface area contributed by atoms with Crippen molar-refractivity contribution in [3.05, 3.63) is 11.6 Å². The van der Waals surface area contributed by atoms with Crippen LogP contribution in [-0.2, 0) is 9.47 Å². The molecular weight excluding hydrogens is 172 g/mol. The minimum Gasteiger partial charge on any atom is -0.327 e. The van der Waals surface area contributed by atoms with Gasteiger partial charge in [-0.05, 0) is 32.6 Å². The van der Waals surface area contributed by atoms with Gasteiger partial charge in [0.1, 0.15) is 0 Å². The quantitative estimate of drug-likeness (QED) is 0.330. The van der Waals surface area contributed by atoms with E-state index in [4.69, 9.17) is 0 Å². The molecule has 72 valence electrons. The van der Waals surface area contributed by atoms with Crippen molar-refractivity contribution < 1.29 is 19.1 Å². The highest BCUT2D eigenvalue weighted by Crippen LogP contribution is 2.15. The van der Waals surface area contributed by atoms with Gasteiger partial charge in [0.2, 0.25) is 0 Å². The zero-order valence-electron chi connectivity index (χ0n) is 7.54. The molecule has 4 nitrogen and oxygen atoms in total. The summed E-state index contributed by atoms with van der Waals surface area (Å²) < 4.78 is 7.28. The van der Waals surface area contributed by atoms with Crippen LogP contribution in [0.4, 0.5) is 9.59 Å². The number of rotatable bonds is 0. The van der Waals surface area contributed by atoms with Crippen molar-refractivity contribution >= 4 is 12.3 Å². The highest BCUT2D eigenvalue weighted by atomic mass is 16.9. The summed E-state index contributed by atoms with van der Waals surface area (Å²) in [4.78, 5) is 18.9. The van der Waals surface area contributed by atoms with Gasteiger partial charge in [-0.25, -0.2) is 9.59 Å². The van der Waals surface area contributed by atoms with Crippen LogP contribution in [0.25, 0.3) is 0 Å². The Morgan fingerprint density at radius 2 is 1.77 bits per heavy atom. The maximum atomic E-state index is 9.44. The minimum absolute atomic E-state index is 0.917. The fourth-order valence-electron chi connectivity index (χ4n) is 1.14. The molecule has 4 heteroatoms. The summed E-state index contributed by atoms with van der Waals surface area (Å²) in [7, 11) is 0. The summed E-state index contributed by atoms with van der Waals surface area (Å²) in [5, 5.41) is 0. The van der Waals surface area contributed by atoms with Crippen LogP contribution in [0.2, 0.25) is 0 Å². The Morgan fingerprint density at radius 3 is 1.92 bits per heavy atom. The topological polar surface area (TPSA) is 52.6 Å². The number of allylic oxidation sites excluding steroid dienone is 2. The van der Waals surface area contributed by atoms with Gasteiger partial charge in [0.05, 0.1) is 0 Å². The van der Waals surface area contributed by atoms with Gasteiger partial charge in [-0.15, -0.1) is 0 Å². The lowest BCUT2D eigenvalue weighted by Crippen LogP contribution is -2.27. The molecule has 2 aliphatic rings. The molecule has 0 aromatic carbocycles. The summed E-state index contributed by atoms with van der Waals surface area (Å²) in [5.74, 6) is 0. The van der Waals surface area contributed by atoms with Gasteiger partial charge in [0.25, 0.3) is 0 Å². The molecule has 13 heavy (non-hydrogen) atoms. The summed E-state index contributed by atoms with van der Waals surface area (Å²) in [6.07, 6.45) is 6.02. The monoisotopic (exact) mass is 184 g/mol. The van der Waals surface area contributed by atoms with Crippen molar-refractivity contribution in [3.63, 3.8) is 0 Å². The zero-order valence-corrected chi connectivity index (χ0v) is 7.54. The van der Waals surface area contributed by atoms with E-state index >= 15 is 0 Å². The van der Waals surface area contributed by atoms with E-state index in [1.54, 1.807) is 5.57 Å². The standard InChI is InChI=1S/C7H12.C2O4/c1-7-5-3-2-4-6-7;3-1-5-2(4)6-1/h5H,2-4,6H2,1H3;. The van der Waals surface area contributed by atoms with Crippen LogP contribution in [0.5, 0.6) is 0 Å². The number of hydrogen-bond acceptors (Lipinski definition) is 4. The van der Waals surface area contributed by atoms with E-state index in [1.807, 2.05) is 0 Å². The van der Waals surface area contributed by atoms with Crippen LogP contribution in [0.3, 0.4) is 0 Å². The predicted octanol–water partition coefficient (Wildman–Crippen LogP) is 2.78. The van der Waals surface area contributed by atoms with Crippen LogP contribution < -0.4 is 0 Å². The van der Waals surface area contributed by atoms with E-state index in [0.717, 1.165) is 0 Å². The Hall–Kier alpha value is -1.32. The molecule has 0 spiro atoms. The van der Waals surface area contributed by atoms with Gasteiger partial charge in [0.15, 0.2) is 0 Å². The SMILES string of the molecule is CC1=CCCCC1.O=C1OC(=O)O1.